The highest BCUT2D eigenvalue weighted by atomic mass is 32.1. The van der Waals surface area contributed by atoms with Crippen molar-refractivity contribution in [3.8, 4) is 0 Å². The van der Waals surface area contributed by atoms with Gasteiger partial charge in [-0.25, -0.2) is 19.7 Å². The second-order valence-electron chi connectivity index (χ2n) is 6.65. The molecular weight excluding hydrogens is 326 g/mol. The van der Waals surface area contributed by atoms with Crippen molar-refractivity contribution >= 4 is 23.1 Å². The van der Waals surface area contributed by atoms with Crippen LogP contribution in [-0.4, -0.2) is 45.6 Å². The number of nitrogens with one attached hydrogen (secondary N) is 1. The first-order valence-corrected chi connectivity index (χ1v) is 8.71. The summed E-state index contributed by atoms with van der Waals surface area (Å²) >= 11 is 1.54. The van der Waals surface area contributed by atoms with Gasteiger partial charge in [0.25, 0.3) is 0 Å². The fourth-order valence-electron chi connectivity index (χ4n) is 2.36. The lowest BCUT2D eigenvalue weighted by molar-refractivity contribution is -0.0136. The van der Waals surface area contributed by atoms with E-state index in [2.05, 4.69) is 20.3 Å². The van der Waals surface area contributed by atoms with Gasteiger partial charge in [-0.3, -0.25) is 0 Å². The molecule has 2 aromatic heterocycles. The number of ether oxygens (including phenoxy) is 1. The fourth-order valence-corrected chi connectivity index (χ4v) is 3.04. The number of carbonyl (C=O) groups excluding carboxylic acids is 1. The number of hydrogen-bond donors (Lipinski definition) is 1. The quantitative estimate of drug-likeness (QED) is 0.903. The van der Waals surface area contributed by atoms with Crippen LogP contribution in [0.25, 0.3) is 0 Å². The average Bonchev–Trinajstić information content (AvgIpc) is 3.09. The average molecular weight is 347 g/mol. The Labute approximate surface area is 145 Å². The first-order chi connectivity index (χ1) is 11.4. The number of morpholine rings is 1. The largest absolute Gasteiger partial charge is 0.367 e. The first kappa shape index (κ1) is 16.8. The Morgan fingerprint density at radius 3 is 2.71 bits per heavy atom. The zero-order chi connectivity index (χ0) is 17.2. The Morgan fingerprint density at radius 1 is 1.33 bits per heavy atom. The van der Waals surface area contributed by atoms with Gasteiger partial charge in [-0.15, -0.1) is 11.3 Å². The molecule has 1 atom stereocenters. The van der Waals surface area contributed by atoms with E-state index in [-0.39, 0.29) is 17.6 Å². The third-order valence-corrected chi connectivity index (χ3v) is 4.52. The molecule has 1 N–H and O–H groups in total. The van der Waals surface area contributed by atoms with Crippen LogP contribution in [0.3, 0.4) is 0 Å². The molecule has 128 valence electrons. The SMILES string of the molecule is CC(C)(C)c1ncc(NC(=O)N2CCO[C@@H](c3nccs3)C2)cn1. The number of carbonyl (C=O) groups is 1. The van der Waals surface area contributed by atoms with Gasteiger partial charge >= 0.3 is 6.03 Å². The van der Waals surface area contributed by atoms with Crippen LogP contribution in [0.15, 0.2) is 24.0 Å². The minimum Gasteiger partial charge on any atom is -0.367 e. The van der Waals surface area contributed by atoms with Crippen molar-refractivity contribution in [3.05, 3.63) is 34.8 Å². The molecule has 8 heteroatoms. The minimum absolute atomic E-state index is 0.117. The molecule has 1 aliphatic heterocycles. The van der Waals surface area contributed by atoms with E-state index in [0.717, 1.165) is 10.8 Å². The zero-order valence-electron chi connectivity index (χ0n) is 14.0. The molecule has 0 saturated carbocycles. The summed E-state index contributed by atoms with van der Waals surface area (Å²) in [7, 11) is 0. The van der Waals surface area contributed by atoms with Crippen LogP contribution in [0.1, 0.15) is 37.7 Å². The molecule has 7 nitrogen and oxygen atoms in total. The van der Waals surface area contributed by atoms with Crippen LogP contribution in [0.5, 0.6) is 0 Å². The summed E-state index contributed by atoms with van der Waals surface area (Å²) in [6, 6.07) is -0.174. The maximum atomic E-state index is 12.5. The lowest BCUT2D eigenvalue weighted by atomic mass is 9.96. The predicted molar refractivity (Wildman–Crippen MR) is 92.1 cm³/mol. The molecule has 2 amide bonds. The highest BCUT2D eigenvalue weighted by Crippen LogP contribution is 2.24. The van der Waals surface area contributed by atoms with E-state index in [1.165, 1.54) is 11.3 Å². The van der Waals surface area contributed by atoms with Crippen molar-refractivity contribution in [1.82, 2.24) is 19.9 Å². The van der Waals surface area contributed by atoms with E-state index in [1.807, 2.05) is 26.2 Å². The molecule has 0 bridgehead atoms. The van der Waals surface area contributed by atoms with Gasteiger partial charge in [0.2, 0.25) is 0 Å². The molecule has 0 aliphatic carbocycles. The lowest BCUT2D eigenvalue weighted by Gasteiger charge is -2.31. The van der Waals surface area contributed by atoms with Crippen LogP contribution < -0.4 is 5.32 Å². The third-order valence-electron chi connectivity index (χ3n) is 3.65. The van der Waals surface area contributed by atoms with Gasteiger partial charge in [0.15, 0.2) is 0 Å². The Morgan fingerprint density at radius 2 is 2.08 bits per heavy atom. The topological polar surface area (TPSA) is 80.2 Å². The van der Waals surface area contributed by atoms with Crippen LogP contribution in [0.4, 0.5) is 10.5 Å². The molecule has 2 aromatic rings. The number of rotatable bonds is 2. The number of amides is 2. The highest BCUT2D eigenvalue weighted by molar-refractivity contribution is 7.09. The molecule has 24 heavy (non-hydrogen) atoms. The monoisotopic (exact) mass is 347 g/mol. The van der Waals surface area contributed by atoms with Gasteiger partial charge in [-0.05, 0) is 0 Å². The molecule has 0 spiro atoms. The number of urea groups is 1. The van der Waals surface area contributed by atoms with Gasteiger partial charge in [-0.1, -0.05) is 20.8 Å². The number of anilines is 1. The van der Waals surface area contributed by atoms with Crippen molar-refractivity contribution in [2.24, 2.45) is 0 Å². The number of nitrogens with zero attached hydrogens (tertiary/aromatic N) is 4. The standard InChI is InChI=1S/C16H21N5O2S/c1-16(2,3)14-18-8-11(9-19-14)20-15(22)21-5-6-23-12(10-21)13-17-4-7-24-13/h4,7-9,12H,5-6,10H2,1-3H3,(H,20,22)/t12-/m1/s1. The van der Waals surface area contributed by atoms with E-state index in [1.54, 1.807) is 23.5 Å². The smallest absolute Gasteiger partial charge is 0.322 e. The van der Waals surface area contributed by atoms with Gasteiger partial charge in [0.05, 0.1) is 31.2 Å². The van der Waals surface area contributed by atoms with Gasteiger partial charge in [0, 0.05) is 23.5 Å². The summed E-state index contributed by atoms with van der Waals surface area (Å²) in [6.45, 7) is 7.68. The molecule has 1 aliphatic rings. The van der Waals surface area contributed by atoms with Crippen molar-refractivity contribution in [2.45, 2.75) is 32.3 Å². The van der Waals surface area contributed by atoms with Crippen molar-refractivity contribution in [3.63, 3.8) is 0 Å². The van der Waals surface area contributed by atoms with Crippen molar-refractivity contribution in [2.75, 3.05) is 25.0 Å². The number of thiazole rings is 1. The van der Waals surface area contributed by atoms with Gasteiger partial charge in [0.1, 0.15) is 16.9 Å². The summed E-state index contributed by atoms with van der Waals surface area (Å²) in [5, 5.41) is 5.65. The van der Waals surface area contributed by atoms with Crippen LogP contribution in [0.2, 0.25) is 0 Å². The zero-order valence-corrected chi connectivity index (χ0v) is 14.8. The van der Waals surface area contributed by atoms with Crippen molar-refractivity contribution in [1.29, 1.82) is 0 Å². The van der Waals surface area contributed by atoms with Crippen molar-refractivity contribution < 1.29 is 9.53 Å². The van der Waals surface area contributed by atoms with Gasteiger partial charge in [-0.2, -0.15) is 0 Å². The summed E-state index contributed by atoms with van der Waals surface area (Å²) < 4.78 is 5.71. The summed E-state index contributed by atoms with van der Waals surface area (Å²) in [5.74, 6) is 0.746. The first-order valence-electron chi connectivity index (χ1n) is 7.83. The van der Waals surface area contributed by atoms with E-state index in [9.17, 15) is 4.79 Å². The maximum Gasteiger partial charge on any atom is 0.322 e. The predicted octanol–water partition coefficient (Wildman–Crippen LogP) is 2.84. The Bertz CT molecular complexity index is 681. The molecule has 0 radical (unpaired) electrons. The van der Waals surface area contributed by atoms with E-state index in [0.29, 0.717) is 25.4 Å². The summed E-state index contributed by atoms with van der Waals surface area (Å²) in [5.41, 5.74) is 0.471. The van der Waals surface area contributed by atoms with Crippen LogP contribution in [-0.2, 0) is 10.2 Å². The minimum atomic E-state index is -0.174. The van der Waals surface area contributed by atoms with E-state index in [4.69, 9.17) is 4.74 Å². The molecule has 0 aromatic carbocycles. The summed E-state index contributed by atoms with van der Waals surface area (Å²) in [4.78, 5) is 27.1. The molecule has 1 saturated heterocycles. The Kier molecular flexibility index (Phi) is 4.77. The van der Waals surface area contributed by atoms with E-state index < -0.39 is 0 Å². The van der Waals surface area contributed by atoms with Gasteiger partial charge < -0.3 is 15.0 Å². The Hall–Kier alpha value is -2.06. The number of hydrogen-bond acceptors (Lipinski definition) is 6. The molecule has 3 rings (SSSR count). The Balaban J connectivity index is 1.62. The normalized spacial score (nSPS) is 18.5. The highest BCUT2D eigenvalue weighted by Gasteiger charge is 2.27. The summed E-state index contributed by atoms with van der Waals surface area (Å²) in [6.07, 6.45) is 4.87. The fraction of sp³-hybridized carbons (Fsp3) is 0.500. The molecular formula is C16H21N5O2S. The molecule has 0 unspecified atom stereocenters. The second-order valence-corrected chi connectivity index (χ2v) is 7.58. The molecule has 1 fully saturated rings. The number of aromatic nitrogens is 3. The van der Waals surface area contributed by atoms with Crippen LogP contribution in [0, 0.1) is 0 Å². The third kappa shape index (κ3) is 3.88. The second kappa shape index (κ2) is 6.82. The van der Waals surface area contributed by atoms with E-state index >= 15 is 0 Å². The maximum absolute atomic E-state index is 12.5. The lowest BCUT2D eigenvalue weighted by Crippen LogP contribution is -2.44. The molecule has 3 heterocycles. The van der Waals surface area contributed by atoms with Crippen LogP contribution >= 0.6 is 11.3 Å².